The number of carbonyl (C=O) groups excluding carboxylic acids is 1. The number of rotatable bonds is 2. The second-order valence-corrected chi connectivity index (χ2v) is 7.89. The normalized spacial score (nSPS) is 12.9. The fraction of sp³-hybridized carbons (Fsp3) is 0.0385. The average molecular weight is 438 g/mol. The molecule has 0 radical (unpaired) electrons. The number of carbonyl (C=O) groups is 1. The molecule has 7 heteroatoms. The lowest BCUT2D eigenvalue weighted by Crippen LogP contribution is -2.32. The minimum absolute atomic E-state index is 0.0521. The van der Waals surface area contributed by atoms with E-state index in [2.05, 4.69) is 9.97 Å². The van der Waals surface area contributed by atoms with Gasteiger partial charge in [-0.2, -0.15) is 0 Å². The molecule has 33 heavy (non-hydrogen) atoms. The summed E-state index contributed by atoms with van der Waals surface area (Å²) in [4.78, 5) is 45.7. The maximum atomic E-state index is 13.7. The van der Waals surface area contributed by atoms with Gasteiger partial charge < -0.3 is 14.7 Å². The molecule has 2 N–H and O–H groups in total. The smallest absolute Gasteiger partial charge is 0.256 e. The lowest BCUT2D eigenvalue weighted by Gasteiger charge is -2.27. The summed E-state index contributed by atoms with van der Waals surface area (Å²) in [6, 6.07) is 19.2. The summed E-state index contributed by atoms with van der Waals surface area (Å²) in [6.45, 7) is 0. The minimum atomic E-state index is -1.23. The first kappa shape index (κ1) is 19.2. The number of halogens is 1. The van der Waals surface area contributed by atoms with Crippen molar-refractivity contribution in [1.82, 2.24) is 9.97 Å². The molecule has 5 aromatic rings. The number of fused-ring (bicyclic) bond motifs is 6. The van der Waals surface area contributed by atoms with E-state index in [0.29, 0.717) is 21.8 Å². The lowest BCUT2D eigenvalue weighted by molar-refractivity contribution is 0.0968. The van der Waals surface area contributed by atoms with Gasteiger partial charge in [0.1, 0.15) is 17.3 Å². The van der Waals surface area contributed by atoms with Gasteiger partial charge in [0.25, 0.3) is 11.1 Å². The Balaban J connectivity index is 1.73. The van der Waals surface area contributed by atoms with Crippen molar-refractivity contribution in [3.05, 3.63) is 116 Å². The molecule has 160 valence electrons. The summed E-state index contributed by atoms with van der Waals surface area (Å²) in [6.07, 6.45) is 0. The monoisotopic (exact) mass is 438 g/mol. The summed E-state index contributed by atoms with van der Waals surface area (Å²) in [7, 11) is 0. The van der Waals surface area contributed by atoms with Crippen LogP contribution < -0.4 is 15.9 Å². The first-order valence-electron chi connectivity index (χ1n) is 10.3. The number of hydrogen-bond donors (Lipinski definition) is 2. The predicted octanol–water partition coefficient (Wildman–Crippen LogP) is 4.63. The zero-order valence-electron chi connectivity index (χ0n) is 17.0. The van der Waals surface area contributed by atoms with E-state index in [4.69, 9.17) is 4.74 Å². The molecule has 0 saturated heterocycles. The van der Waals surface area contributed by atoms with Crippen LogP contribution in [-0.4, -0.2) is 15.8 Å². The van der Waals surface area contributed by atoms with E-state index in [1.54, 1.807) is 48.5 Å². The molecule has 0 aliphatic carbocycles. The fourth-order valence-corrected chi connectivity index (χ4v) is 4.49. The highest BCUT2D eigenvalue weighted by molar-refractivity contribution is 6.06. The molecule has 0 unspecified atom stereocenters. The number of nitrogens with one attached hydrogen (secondary N) is 2. The predicted molar refractivity (Wildman–Crippen MR) is 122 cm³/mol. The van der Waals surface area contributed by atoms with Crippen molar-refractivity contribution in [2.75, 3.05) is 0 Å². The number of benzene rings is 3. The molecular weight excluding hydrogens is 423 g/mol. The van der Waals surface area contributed by atoms with E-state index >= 15 is 0 Å². The first-order valence-corrected chi connectivity index (χ1v) is 10.3. The van der Waals surface area contributed by atoms with Gasteiger partial charge >= 0.3 is 0 Å². The van der Waals surface area contributed by atoms with Gasteiger partial charge in [0.2, 0.25) is 0 Å². The van der Waals surface area contributed by atoms with E-state index in [0.717, 1.165) is 0 Å². The van der Waals surface area contributed by atoms with Gasteiger partial charge in [-0.1, -0.05) is 24.3 Å². The zero-order chi connectivity index (χ0) is 22.7. The van der Waals surface area contributed by atoms with Crippen LogP contribution in [0.25, 0.3) is 21.8 Å². The molecule has 6 rings (SSSR count). The van der Waals surface area contributed by atoms with Crippen LogP contribution in [0.2, 0.25) is 0 Å². The third-order valence-electron chi connectivity index (χ3n) is 5.99. The third-order valence-corrected chi connectivity index (χ3v) is 5.99. The second-order valence-electron chi connectivity index (χ2n) is 7.89. The highest BCUT2D eigenvalue weighted by Crippen LogP contribution is 2.47. The maximum Gasteiger partial charge on any atom is 0.256 e. The van der Waals surface area contributed by atoms with Crippen LogP contribution in [0.4, 0.5) is 4.39 Å². The number of aromatic amines is 2. The lowest BCUT2D eigenvalue weighted by atomic mass is 9.82. The molecule has 0 atom stereocenters. The molecule has 3 heterocycles. The van der Waals surface area contributed by atoms with Crippen LogP contribution in [0.3, 0.4) is 0 Å². The van der Waals surface area contributed by atoms with Crippen molar-refractivity contribution < 1.29 is 13.9 Å². The Labute approximate surface area is 185 Å². The van der Waals surface area contributed by atoms with Gasteiger partial charge in [-0.15, -0.1) is 0 Å². The average Bonchev–Trinajstić information content (AvgIpc) is 2.83. The van der Waals surface area contributed by atoms with E-state index in [9.17, 15) is 18.8 Å². The molecule has 1 aliphatic heterocycles. The first-order chi connectivity index (χ1) is 16.0. The van der Waals surface area contributed by atoms with Gasteiger partial charge in [0, 0.05) is 16.3 Å². The van der Waals surface area contributed by atoms with Crippen molar-refractivity contribution in [3.63, 3.8) is 0 Å². The molecular formula is C26H15FN2O4. The molecule has 2 aromatic heterocycles. The van der Waals surface area contributed by atoms with Crippen LogP contribution in [0, 0.1) is 5.82 Å². The Bertz CT molecular complexity index is 1620. The summed E-state index contributed by atoms with van der Waals surface area (Å²) in [5.41, 5.74) is 0.330. The highest BCUT2D eigenvalue weighted by Gasteiger charge is 2.39. The number of ether oxygens (including phenoxy) is 1. The van der Waals surface area contributed by atoms with Gasteiger partial charge in [-0.3, -0.25) is 14.4 Å². The molecule has 0 saturated carbocycles. The van der Waals surface area contributed by atoms with Crippen molar-refractivity contribution in [2.45, 2.75) is 5.92 Å². The number of ketones is 1. The van der Waals surface area contributed by atoms with Crippen LogP contribution in [-0.2, 0) is 0 Å². The Kier molecular flexibility index (Phi) is 4.07. The molecule has 0 amide bonds. The molecule has 0 fully saturated rings. The molecule has 1 aliphatic rings. The standard InChI is InChI=1S/C26H15FN2O4/c27-14-11-9-13(10-12-14)22(30)19-20-23(15-5-1-3-7-17(15)28-25(20)31)33-24-16-6-2-4-8-18(16)29-26(32)21(19)24/h1-12,19H,(H,28,31)(H,29,32). The van der Waals surface area contributed by atoms with Crippen molar-refractivity contribution in [3.8, 4) is 11.5 Å². The summed E-state index contributed by atoms with van der Waals surface area (Å²) in [5.74, 6) is -1.75. The van der Waals surface area contributed by atoms with E-state index < -0.39 is 28.6 Å². The summed E-state index contributed by atoms with van der Waals surface area (Å²) in [5, 5.41) is 1.22. The van der Waals surface area contributed by atoms with Crippen molar-refractivity contribution >= 4 is 27.6 Å². The number of H-pyrrole nitrogens is 2. The number of hydrogen-bond acceptors (Lipinski definition) is 4. The van der Waals surface area contributed by atoms with Crippen LogP contribution in [0.15, 0.2) is 82.4 Å². The van der Waals surface area contributed by atoms with Gasteiger partial charge in [0.15, 0.2) is 5.78 Å². The van der Waals surface area contributed by atoms with Crippen molar-refractivity contribution in [1.29, 1.82) is 0 Å². The zero-order valence-corrected chi connectivity index (χ0v) is 17.0. The Morgan fingerprint density at radius 1 is 0.727 bits per heavy atom. The maximum absolute atomic E-state index is 13.7. The van der Waals surface area contributed by atoms with E-state index in [-0.39, 0.29) is 28.2 Å². The van der Waals surface area contributed by atoms with E-state index in [1.165, 1.54) is 24.3 Å². The molecule has 3 aromatic carbocycles. The highest BCUT2D eigenvalue weighted by atomic mass is 19.1. The second kappa shape index (κ2) is 7.00. The summed E-state index contributed by atoms with van der Waals surface area (Å²) < 4.78 is 19.8. The Morgan fingerprint density at radius 2 is 1.21 bits per heavy atom. The topological polar surface area (TPSA) is 92.0 Å². The third kappa shape index (κ3) is 2.82. The molecule has 0 spiro atoms. The fourth-order valence-electron chi connectivity index (χ4n) is 4.49. The van der Waals surface area contributed by atoms with Gasteiger partial charge in [-0.05, 0) is 48.5 Å². The Morgan fingerprint density at radius 3 is 1.73 bits per heavy atom. The van der Waals surface area contributed by atoms with Crippen LogP contribution >= 0.6 is 0 Å². The number of aromatic nitrogens is 2. The quantitative estimate of drug-likeness (QED) is 0.393. The van der Waals surface area contributed by atoms with Crippen LogP contribution in [0.5, 0.6) is 11.5 Å². The van der Waals surface area contributed by atoms with Gasteiger partial charge in [-0.25, -0.2) is 4.39 Å². The molecule has 0 bridgehead atoms. The molecule has 6 nitrogen and oxygen atoms in total. The number of pyridine rings is 2. The SMILES string of the molecule is O=C(c1ccc(F)cc1)C1c2c(c3ccccc3[nH]c2=O)Oc2c1c(=O)[nH]c1ccccc21. The van der Waals surface area contributed by atoms with Gasteiger partial charge in [0.05, 0.1) is 28.1 Å². The van der Waals surface area contributed by atoms with Crippen LogP contribution in [0.1, 0.15) is 27.4 Å². The number of para-hydroxylation sites is 2. The Hall–Kier alpha value is -4.52. The van der Waals surface area contributed by atoms with Crippen molar-refractivity contribution in [2.24, 2.45) is 0 Å². The van der Waals surface area contributed by atoms with E-state index in [1.807, 2.05) is 0 Å². The summed E-state index contributed by atoms with van der Waals surface area (Å²) >= 11 is 0. The minimum Gasteiger partial charge on any atom is -0.455 e. The largest absolute Gasteiger partial charge is 0.455 e. The number of Topliss-reactive ketones (excluding diaryl/α,β-unsaturated/α-hetero) is 1.